The van der Waals surface area contributed by atoms with Crippen LogP contribution in [0.1, 0.15) is 25.7 Å². The van der Waals surface area contributed by atoms with Gasteiger partial charge in [0.05, 0.1) is 4.47 Å². The minimum atomic E-state index is 0.289. The molecule has 0 radical (unpaired) electrons. The first-order chi connectivity index (χ1) is 9.83. The van der Waals surface area contributed by atoms with Crippen molar-refractivity contribution in [3.8, 4) is 5.88 Å². The molecule has 0 spiro atoms. The minimum absolute atomic E-state index is 0.289. The summed E-state index contributed by atoms with van der Waals surface area (Å²) >= 11 is 3.49. The predicted molar refractivity (Wildman–Crippen MR) is 81.0 cm³/mol. The number of ether oxygens (including phenoxy) is 2. The van der Waals surface area contributed by atoms with Crippen LogP contribution in [0, 0.1) is 0 Å². The lowest BCUT2D eigenvalue weighted by molar-refractivity contribution is 0.00935. The second-order valence-electron chi connectivity index (χ2n) is 5.49. The molecule has 1 aromatic heterocycles. The Morgan fingerprint density at radius 1 is 1.20 bits per heavy atom. The molecule has 0 bridgehead atoms. The zero-order valence-corrected chi connectivity index (χ0v) is 13.2. The van der Waals surface area contributed by atoms with E-state index in [1.165, 1.54) is 12.8 Å². The van der Waals surface area contributed by atoms with Gasteiger partial charge in [0.2, 0.25) is 5.88 Å². The average molecular weight is 341 g/mol. The molecule has 3 heterocycles. The van der Waals surface area contributed by atoms with Gasteiger partial charge < -0.3 is 9.47 Å². The molecule has 3 rings (SSSR count). The molecule has 0 saturated carbocycles. The number of likely N-dealkylation sites (tertiary alicyclic amines) is 1. The Balaban J connectivity index is 1.50. The van der Waals surface area contributed by atoms with Crippen LogP contribution in [0.2, 0.25) is 0 Å². The van der Waals surface area contributed by atoms with Crippen LogP contribution >= 0.6 is 15.9 Å². The molecule has 0 aliphatic carbocycles. The Kier molecular flexibility index (Phi) is 4.91. The summed E-state index contributed by atoms with van der Waals surface area (Å²) in [7, 11) is 0. The summed E-state index contributed by atoms with van der Waals surface area (Å²) in [6.45, 7) is 4.09. The van der Waals surface area contributed by atoms with E-state index >= 15 is 0 Å². The zero-order chi connectivity index (χ0) is 13.8. The molecule has 4 nitrogen and oxygen atoms in total. The van der Waals surface area contributed by atoms with E-state index in [1.807, 2.05) is 12.1 Å². The van der Waals surface area contributed by atoms with Crippen molar-refractivity contribution in [1.82, 2.24) is 9.88 Å². The number of aromatic nitrogens is 1. The first-order valence-electron chi connectivity index (χ1n) is 7.42. The maximum Gasteiger partial charge on any atom is 0.228 e. The summed E-state index contributed by atoms with van der Waals surface area (Å²) in [4.78, 5) is 6.89. The maximum atomic E-state index is 6.01. The Morgan fingerprint density at radius 3 is 2.65 bits per heavy atom. The van der Waals surface area contributed by atoms with Crippen LogP contribution in [0.5, 0.6) is 5.88 Å². The number of pyridine rings is 1. The van der Waals surface area contributed by atoms with Gasteiger partial charge in [-0.15, -0.1) is 0 Å². The molecule has 0 aromatic carbocycles. The first kappa shape index (κ1) is 14.3. The van der Waals surface area contributed by atoms with Gasteiger partial charge in [-0.25, -0.2) is 4.98 Å². The van der Waals surface area contributed by atoms with Crippen molar-refractivity contribution in [1.29, 1.82) is 0 Å². The monoisotopic (exact) mass is 340 g/mol. The lowest BCUT2D eigenvalue weighted by atomic mass is 10.0. The molecule has 0 amide bonds. The zero-order valence-electron chi connectivity index (χ0n) is 11.6. The summed E-state index contributed by atoms with van der Waals surface area (Å²) in [6.07, 6.45) is 6.59. The number of hydrogen-bond acceptors (Lipinski definition) is 4. The van der Waals surface area contributed by atoms with Crippen LogP contribution in [-0.2, 0) is 4.74 Å². The van der Waals surface area contributed by atoms with E-state index in [0.717, 1.165) is 49.5 Å². The van der Waals surface area contributed by atoms with Crippen molar-refractivity contribution in [2.75, 3.05) is 26.3 Å². The molecule has 2 aliphatic rings. The number of halogens is 1. The Labute approximate surface area is 128 Å². The van der Waals surface area contributed by atoms with Crippen molar-refractivity contribution < 1.29 is 9.47 Å². The van der Waals surface area contributed by atoms with Crippen LogP contribution in [0.15, 0.2) is 22.8 Å². The molecule has 2 fully saturated rings. The van der Waals surface area contributed by atoms with Crippen LogP contribution in [0.3, 0.4) is 0 Å². The molecule has 1 aromatic rings. The normalized spacial score (nSPS) is 22.9. The molecule has 0 unspecified atom stereocenters. The quantitative estimate of drug-likeness (QED) is 0.847. The van der Waals surface area contributed by atoms with Gasteiger partial charge in [0.25, 0.3) is 0 Å². The fourth-order valence-corrected chi connectivity index (χ4v) is 3.37. The molecule has 20 heavy (non-hydrogen) atoms. The van der Waals surface area contributed by atoms with E-state index in [0.29, 0.717) is 6.04 Å². The summed E-state index contributed by atoms with van der Waals surface area (Å²) in [5.74, 6) is 0.719. The molecule has 0 N–H and O–H groups in total. The smallest absolute Gasteiger partial charge is 0.228 e. The van der Waals surface area contributed by atoms with Gasteiger partial charge >= 0.3 is 0 Å². The minimum Gasteiger partial charge on any atom is -0.473 e. The highest BCUT2D eigenvalue weighted by Crippen LogP contribution is 2.26. The van der Waals surface area contributed by atoms with Crippen LogP contribution in [0.4, 0.5) is 0 Å². The largest absolute Gasteiger partial charge is 0.473 e. The molecular weight excluding hydrogens is 320 g/mol. The summed E-state index contributed by atoms with van der Waals surface area (Å²) in [6, 6.07) is 4.59. The van der Waals surface area contributed by atoms with Gasteiger partial charge in [-0.05, 0) is 53.7 Å². The summed E-state index contributed by atoms with van der Waals surface area (Å²) < 4.78 is 12.4. The second kappa shape index (κ2) is 6.87. The first-order valence-corrected chi connectivity index (χ1v) is 8.21. The van der Waals surface area contributed by atoms with E-state index in [4.69, 9.17) is 9.47 Å². The highest BCUT2D eigenvalue weighted by molar-refractivity contribution is 9.10. The third kappa shape index (κ3) is 3.51. The van der Waals surface area contributed by atoms with Crippen LogP contribution < -0.4 is 4.74 Å². The fourth-order valence-electron chi connectivity index (χ4n) is 3.02. The molecule has 2 aliphatic heterocycles. The van der Waals surface area contributed by atoms with Gasteiger partial charge in [-0.1, -0.05) is 0 Å². The SMILES string of the molecule is Brc1cccnc1OC1CCN(C2CCOCC2)CC1. The van der Waals surface area contributed by atoms with E-state index in [2.05, 4.69) is 25.8 Å². The van der Waals surface area contributed by atoms with E-state index in [9.17, 15) is 0 Å². The average Bonchev–Trinajstić information content (AvgIpc) is 2.51. The van der Waals surface area contributed by atoms with Crippen molar-refractivity contribution in [3.63, 3.8) is 0 Å². The summed E-state index contributed by atoms with van der Waals surface area (Å²) in [5, 5.41) is 0. The van der Waals surface area contributed by atoms with E-state index in [1.54, 1.807) is 6.20 Å². The lowest BCUT2D eigenvalue weighted by Gasteiger charge is -2.39. The van der Waals surface area contributed by atoms with Crippen LogP contribution in [-0.4, -0.2) is 48.3 Å². The molecule has 5 heteroatoms. The Hall–Kier alpha value is -0.650. The third-order valence-corrected chi connectivity index (χ3v) is 4.79. The second-order valence-corrected chi connectivity index (χ2v) is 6.34. The van der Waals surface area contributed by atoms with E-state index < -0.39 is 0 Å². The predicted octanol–water partition coefficient (Wildman–Crippen LogP) is 2.87. The van der Waals surface area contributed by atoms with Gasteiger partial charge in [-0.3, -0.25) is 4.90 Å². The van der Waals surface area contributed by atoms with Crippen molar-refractivity contribution in [3.05, 3.63) is 22.8 Å². The molecule has 110 valence electrons. The Bertz CT molecular complexity index is 430. The maximum absolute atomic E-state index is 6.01. The van der Waals surface area contributed by atoms with Crippen molar-refractivity contribution in [2.24, 2.45) is 0 Å². The van der Waals surface area contributed by atoms with Crippen LogP contribution in [0.25, 0.3) is 0 Å². The lowest BCUT2D eigenvalue weighted by Crippen LogP contribution is -2.46. The van der Waals surface area contributed by atoms with Crippen molar-refractivity contribution in [2.45, 2.75) is 37.8 Å². The van der Waals surface area contributed by atoms with E-state index in [-0.39, 0.29) is 6.10 Å². The van der Waals surface area contributed by atoms with Gasteiger partial charge in [0.15, 0.2) is 0 Å². The van der Waals surface area contributed by atoms with Gasteiger partial charge in [0, 0.05) is 38.5 Å². The third-order valence-electron chi connectivity index (χ3n) is 4.19. The van der Waals surface area contributed by atoms with Gasteiger partial charge in [0.1, 0.15) is 6.10 Å². The number of hydrogen-bond donors (Lipinski definition) is 0. The van der Waals surface area contributed by atoms with Crippen molar-refractivity contribution >= 4 is 15.9 Å². The molecule has 2 saturated heterocycles. The summed E-state index contributed by atoms with van der Waals surface area (Å²) in [5.41, 5.74) is 0. The molecular formula is C15H21BrN2O2. The fraction of sp³-hybridized carbons (Fsp3) is 0.667. The van der Waals surface area contributed by atoms with Gasteiger partial charge in [-0.2, -0.15) is 0 Å². The topological polar surface area (TPSA) is 34.6 Å². The number of piperidine rings is 1. The standard InChI is InChI=1S/C15H21BrN2O2/c16-14-2-1-7-17-15(14)20-13-3-8-18(9-4-13)12-5-10-19-11-6-12/h1-2,7,12-13H,3-6,8-11H2. The highest BCUT2D eigenvalue weighted by atomic mass is 79.9. The number of rotatable bonds is 3. The molecule has 0 atom stereocenters. The highest BCUT2D eigenvalue weighted by Gasteiger charge is 2.27. The Morgan fingerprint density at radius 2 is 1.95 bits per heavy atom. The number of nitrogens with zero attached hydrogens (tertiary/aromatic N) is 2.